The third kappa shape index (κ3) is 4.74. The lowest BCUT2D eigenvalue weighted by Gasteiger charge is -2.36. The van der Waals surface area contributed by atoms with Crippen molar-refractivity contribution in [3.05, 3.63) is 64.4 Å². The first-order valence-corrected chi connectivity index (χ1v) is 11.0. The summed E-state index contributed by atoms with van der Waals surface area (Å²) in [4.78, 5) is 22.7. The topological polar surface area (TPSA) is 54.3 Å². The van der Waals surface area contributed by atoms with E-state index >= 15 is 0 Å². The van der Waals surface area contributed by atoms with Gasteiger partial charge in [0.25, 0.3) is 5.91 Å². The first-order valence-electron chi connectivity index (χ1n) is 10.1. The fraction of sp³-hybridized carbons (Fsp3) is 0.409. The van der Waals surface area contributed by atoms with Crippen LogP contribution in [0.25, 0.3) is 5.69 Å². The molecule has 1 aliphatic heterocycles. The number of likely N-dealkylation sites (tertiary alicyclic amines) is 1. The molecule has 4 rings (SSSR count). The van der Waals surface area contributed by atoms with Crippen molar-refractivity contribution in [2.24, 2.45) is 0 Å². The molecule has 0 radical (unpaired) electrons. The van der Waals surface area contributed by atoms with Crippen LogP contribution in [-0.4, -0.2) is 63.2 Å². The number of carbonyl (C=O) groups is 1. The fourth-order valence-electron chi connectivity index (χ4n) is 3.88. The number of aryl methyl sites for hydroxylation is 1. The van der Waals surface area contributed by atoms with Gasteiger partial charge in [-0.2, -0.15) is 5.10 Å². The smallest absolute Gasteiger partial charge is 0.253 e. The van der Waals surface area contributed by atoms with Crippen molar-refractivity contribution in [1.29, 1.82) is 0 Å². The van der Waals surface area contributed by atoms with E-state index in [-0.39, 0.29) is 5.91 Å². The summed E-state index contributed by atoms with van der Waals surface area (Å²) < 4.78 is 1.69. The lowest BCUT2D eigenvalue weighted by atomic mass is 10.0. The largest absolute Gasteiger partial charge is 0.339 e. The first kappa shape index (κ1) is 19.8. The van der Waals surface area contributed by atoms with E-state index in [9.17, 15) is 4.79 Å². The Morgan fingerprint density at radius 1 is 1.24 bits per heavy atom. The summed E-state index contributed by atoms with van der Waals surface area (Å²) in [6.45, 7) is 4.86. The molecule has 3 aromatic rings. The maximum Gasteiger partial charge on any atom is 0.253 e. The summed E-state index contributed by atoms with van der Waals surface area (Å²) in [5.41, 5.74) is 2.99. The molecule has 3 heterocycles. The van der Waals surface area contributed by atoms with Crippen LogP contribution in [0, 0.1) is 6.92 Å². The molecule has 0 spiro atoms. The van der Waals surface area contributed by atoms with Gasteiger partial charge in [-0.15, -0.1) is 11.3 Å². The minimum absolute atomic E-state index is 0.116. The highest BCUT2D eigenvalue weighted by molar-refractivity contribution is 7.10. The second-order valence-corrected chi connectivity index (χ2v) is 8.73. The summed E-state index contributed by atoms with van der Waals surface area (Å²) >= 11 is 1.85. The molecular formula is C22H27N5OS. The van der Waals surface area contributed by atoms with Gasteiger partial charge in [0.05, 0.1) is 5.69 Å². The number of nitrogens with zero attached hydrogens (tertiary/aromatic N) is 5. The van der Waals surface area contributed by atoms with Crippen molar-refractivity contribution in [2.45, 2.75) is 32.2 Å². The third-order valence-corrected chi connectivity index (χ3v) is 6.78. The maximum atomic E-state index is 12.9. The number of thiophene rings is 1. The van der Waals surface area contributed by atoms with E-state index in [1.165, 1.54) is 16.8 Å². The van der Waals surface area contributed by atoms with Gasteiger partial charge in [0.1, 0.15) is 12.7 Å². The van der Waals surface area contributed by atoms with Crippen LogP contribution >= 0.6 is 11.3 Å². The molecule has 7 heteroatoms. The molecule has 1 amide bonds. The molecule has 1 aliphatic rings. The Hall–Kier alpha value is -2.51. The van der Waals surface area contributed by atoms with Gasteiger partial charge in [-0.1, -0.05) is 0 Å². The van der Waals surface area contributed by atoms with Gasteiger partial charge in [-0.25, -0.2) is 9.67 Å². The van der Waals surface area contributed by atoms with Gasteiger partial charge >= 0.3 is 0 Å². The average molecular weight is 410 g/mol. The summed E-state index contributed by atoms with van der Waals surface area (Å²) in [6, 6.07) is 10.4. The Morgan fingerprint density at radius 3 is 2.62 bits per heavy atom. The Labute approximate surface area is 175 Å². The van der Waals surface area contributed by atoms with E-state index < -0.39 is 0 Å². The second-order valence-electron chi connectivity index (χ2n) is 7.73. The van der Waals surface area contributed by atoms with Crippen molar-refractivity contribution in [3.8, 4) is 5.69 Å². The highest BCUT2D eigenvalue weighted by atomic mass is 32.1. The molecule has 1 saturated heterocycles. The number of aromatic nitrogens is 3. The highest BCUT2D eigenvalue weighted by Gasteiger charge is 2.25. The van der Waals surface area contributed by atoms with Gasteiger partial charge in [0.15, 0.2) is 0 Å². The number of benzene rings is 1. The zero-order chi connectivity index (χ0) is 20.2. The van der Waals surface area contributed by atoms with Crippen LogP contribution in [-0.2, 0) is 6.42 Å². The zero-order valence-electron chi connectivity index (χ0n) is 17.0. The normalized spacial score (nSPS) is 15.2. The predicted molar refractivity (Wildman–Crippen MR) is 116 cm³/mol. The number of likely N-dealkylation sites (N-methyl/N-ethyl adjacent to an activating group) is 1. The summed E-state index contributed by atoms with van der Waals surface area (Å²) in [5, 5.41) is 6.34. The number of carbonyl (C=O) groups excluding carboxylic acids is 1. The second kappa shape index (κ2) is 8.88. The molecule has 2 aromatic heterocycles. The molecule has 0 N–H and O–H groups in total. The Kier molecular flexibility index (Phi) is 6.06. The number of piperidine rings is 1. The van der Waals surface area contributed by atoms with Crippen LogP contribution in [0.15, 0.2) is 48.4 Å². The molecule has 1 fully saturated rings. The predicted octanol–water partition coefficient (Wildman–Crippen LogP) is 3.42. The zero-order valence-corrected chi connectivity index (χ0v) is 17.8. The van der Waals surface area contributed by atoms with Crippen LogP contribution < -0.4 is 0 Å². The van der Waals surface area contributed by atoms with E-state index in [1.54, 1.807) is 11.0 Å². The Balaban J connectivity index is 1.28. The van der Waals surface area contributed by atoms with E-state index in [0.29, 0.717) is 6.04 Å². The SMILES string of the molecule is Cc1csc(CCN(C)C2CCN(C(=O)c3ccc(-n4cncn4)cc3)CC2)c1. The third-order valence-electron chi connectivity index (χ3n) is 5.67. The molecule has 6 nitrogen and oxygen atoms in total. The minimum Gasteiger partial charge on any atom is -0.339 e. The van der Waals surface area contributed by atoms with E-state index in [4.69, 9.17) is 0 Å². The Bertz CT molecular complexity index is 927. The molecule has 0 unspecified atom stereocenters. The van der Waals surface area contributed by atoms with Crippen LogP contribution in [0.1, 0.15) is 33.6 Å². The van der Waals surface area contributed by atoms with Crippen molar-refractivity contribution in [1.82, 2.24) is 24.6 Å². The highest BCUT2D eigenvalue weighted by Crippen LogP contribution is 2.20. The van der Waals surface area contributed by atoms with Crippen molar-refractivity contribution >= 4 is 17.2 Å². The molecule has 1 aromatic carbocycles. The summed E-state index contributed by atoms with van der Waals surface area (Å²) in [7, 11) is 2.21. The standard InChI is InChI=1S/C22H27N5OS/c1-17-13-21(29-14-17)9-10-25(2)19-7-11-26(12-8-19)22(28)18-3-5-20(6-4-18)27-16-23-15-24-27/h3-6,13-16,19H,7-12H2,1-2H3. The summed E-state index contributed by atoms with van der Waals surface area (Å²) in [6.07, 6.45) is 6.32. The van der Waals surface area contributed by atoms with Crippen molar-refractivity contribution in [2.75, 3.05) is 26.7 Å². The maximum absolute atomic E-state index is 12.9. The van der Waals surface area contributed by atoms with Gasteiger partial charge < -0.3 is 9.80 Å². The number of amides is 1. The van der Waals surface area contributed by atoms with Crippen molar-refractivity contribution in [3.63, 3.8) is 0 Å². The lowest BCUT2D eigenvalue weighted by Crippen LogP contribution is -2.46. The van der Waals surface area contributed by atoms with E-state index in [1.807, 2.05) is 40.5 Å². The average Bonchev–Trinajstić information content (AvgIpc) is 3.44. The molecule has 0 saturated carbocycles. The number of hydrogen-bond acceptors (Lipinski definition) is 5. The van der Waals surface area contributed by atoms with Gasteiger partial charge in [0.2, 0.25) is 0 Å². The van der Waals surface area contributed by atoms with Crippen molar-refractivity contribution < 1.29 is 4.79 Å². The van der Waals surface area contributed by atoms with Gasteiger partial charge in [0, 0.05) is 36.1 Å². The quantitative estimate of drug-likeness (QED) is 0.626. The number of rotatable bonds is 6. The van der Waals surface area contributed by atoms with Crippen LogP contribution in [0.4, 0.5) is 0 Å². The molecular weight excluding hydrogens is 382 g/mol. The van der Waals surface area contributed by atoms with Crippen LogP contribution in [0.5, 0.6) is 0 Å². The lowest BCUT2D eigenvalue weighted by molar-refractivity contribution is 0.0647. The molecule has 0 aliphatic carbocycles. The Morgan fingerprint density at radius 2 is 2.00 bits per heavy atom. The molecule has 0 atom stereocenters. The van der Waals surface area contributed by atoms with E-state index in [0.717, 1.165) is 50.1 Å². The molecule has 29 heavy (non-hydrogen) atoms. The minimum atomic E-state index is 0.116. The van der Waals surface area contributed by atoms with E-state index in [2.05, 4.69) is 40.4 Å². The first-order chi connectivity index (χ1) is 14.1. The van der Waals surface area contributed by atoms with Crippen LogP contribution in [0.2, 0.25) is 0 Å². The summed E-state index contributed by atoms with van der Waals surface area (Å²) in [5.74, 6) is 0.116. The monoisotopic (exact) mass is 409 g/mol. The van der Waals surface area contributed by atoms with Gasteiger partial charge in [-0.05, 0) is 74.5 Å². The molecule has 152 valence electrons. The molecule has 0 bridgehead atoms. The number of hydrogen-bond donors (Lipinski definition) is 0. The van der Waals surface area contributed by atoms with Gasteiger partial charge in [-0.3, -0.25) is 4.79 Å². The fourth-order valence-corrected chi connectivity index (χ4v) is 4.75. The van der Waals surface area contributed by atoms with Crippen LogP contribution in [0.3, 0.4) is 0 Å².